The summed E-state index contributed by atoms with van der Waals surface area (Å²) in [4.78, 5) is 12.6. The Balaban J connectivity index is 1.76. The SMILES string of the molecule is CSC(=S)OCc1c(C(=O)NCC2CCOC2)noc1Cc1cccc(F)c1. The lowest BCUT2D eigenvalue weighted by Crippen LogP contribution is -2.30. The largest absolute Gasteiger partial charge is 0.473 e. The Morgan fingerprint density at radius 3 is 3.07 bits per heavy atom. The van der Waals surface area contributed by atoms with Crippen LogP contribution in [0.4, 0.5) is 4.39 Å². The molecular weight excluding hydrogens is 403 g/mol. The number of amides is 1. The van der Waals surface area contributed by atoms with Crippen LogP contribution < -0.4 is 5.32 Å². The van der Waals surface area contributed by atoms with Gasteiger partial charge in [0.15, 0.2) is 5.69 Å². The van der Waals surface area contributed by atoms with Gasteiger partial charge in [-0.25, -0.2) is 4.39 Å². The van der Waals surface area contributed by atoms with E-state index in [1.165, 1.54) is 23.9 Å². The van der Waals surface area contributed by atoms with E-state index in [2.05, 4.69) is 10.5 Å². The van der Waals surface area contributed by atoms with Crippen molar-refractivity contribution in [3.8, 4) is 0 Å². The van der Waals surface area contributed by atoms with E-state index in [-0.39, 0.29) is 24.0 Å². The summed E-state index contributed by atoms with van der Waals surface area (Å²) in [5.41, 5.74) is 1.38. The van der Waals surface area contributed by atoms with E-state index in [9.17, 15) is 9.18 Å². The summed E-state index contributed by atoms with van der Waals surface area (Å²) in [6.07, 6.45) is 3.02. The molecule has 1 aliphatic rings. The van der Waals surface area contributed by atoms with Crippen LogP contribution in [0.25, 0.3) is 0 Å². The molecule has 1 atom stereocenters. The maximum atomic E-state index is 13.5. The van der Waals surface area contributed by atoms with E-state index in [1.54, 1.807) is 18.4 Å². The fourth-order valence-corrected chi connectivity index (χ4v) is 3.13. The van der Waals surface area contributed by atoms with Crippen molar-refractivity contribution in [3.63, 3.8) is 0 Å². The number of thiocarbonyl (C=S) groups is 1. The second kappa shape index (κ2) is 9.99. The molecule has 28 heavy (non-hydrogen) atoms. The van der Waals surface area contributed by atoms with Gasteiger partial charge in [0, 0.05) is 25.5 Å². The summed E-state index contributed by atoms with van der Waals surface area (Å²) in [5.74, 6) is 0.0696. The number of aromatic nitrogens is 1. The van der Waals surface area contributed by atoms with Crippen LogP contribution >= 0.6 is 24.0 Å². The highest BCUT2D eigenvalue weighted by Gasteiger charge is 2.24. The molecule has 1 amide bonds. The zero-order valence-corrected chi connectivity index (χ0v) is 17.0. The van der Waals surface area contributed by atoms with Crippen molar-refractivity contribution in [2.24, 2.45) is 5.92 Å². The summed E-state index contributed by atoms with van der Waals surface area (Å²) in [6, 6.07) is 6.19. The maximum absolute atomic E-state index is 13.5. The lowest BCUT2D eigenvalue weighted by atomic mass is 10.1. The Morgan fingerprint density at radius 1 is 1.50 bits per heavy atom. The molecular formula is C19H21FN2O4S2. The van der Waals surface area contributed by atoms with Crippen molar-refractivity contribution in [3.05, 3.63) is 52.7 Å². The molecule has 0 saturated carbocycles. The number of rotatable bonds is 7. The first kappa shape index (κ1) is 20.8. The fourth-order valence-electron chi connectivity index (χ4n) is 2.90. The molecule has 0 radical (unpaired) electrons. The number of hydrogen-bond donors (Lipinski definition) is 1. The second-order valence-corrected chi connectivity index (χ2v) is 7.83. The van der Waals surface area contributed by atoms with Crippen molar-refractivity contribution in [2.45, 2.75) is 19.4 Å². The summed E-state index contributed by atoms with van der Waals surface area (Å²) < 4.78 is 30.1. The predicted molar refractivity (Wildman–Crippen MR) is 108 cm³/mol. The molecule has 1 aromatic heterocycles. The van der Waals surface area contributed by atoms with E-state index >= 15 is 0 Å². The first-order chi connectivity index (χ1) is 13.6. The van der Waals surface area contributed by atoms with Gasteiger partial charge in [-0.05, 0) is 42.6 Å². The van der Waals surface area contributed by atoms with Gasteiger partial charge in [-0.15, -0.1) is 0 Å². The molecule has 9 heteroatoms. The highest BCUT2D eigenvalue weighted by molar-refractivity contribution is 8.22. The van der Waals surface area contributed by atoms with Crippen molar-refractivity contribution >= 4 is 34.3 Å². The summed E-state index contributed by atoms with van der Waals surface area (Å²) in [6.45, 7) is 1.92. The summed E-state index contributed by atoms with van der Waals surface area (Å²) >= 11 is 6.37. The first-order valence-corrected chi connectivity index (χ1v) is 10.5. The van der Waals surface area contributed by atoms with Crippen molar-refractivity contribution < 1.29 is 23.2 Å². The van der Waals surface area contributed by atoms with E-state index < -0.39 is 0 Å². The Morgan fingerprint density at radius 2 is 2.36 bits per heavy atom. The number of carbonyl (C=O) groups is 1. The quantitative estimate of drug-likeness (QED) is 0.684. The molecule has 150 valence electrons. The normalized spacial score (nSPS) is 16.1. The van der Waals surface area contributed by atoms with Gasteiger partial charge in [-0.3, -0.25) is 4.79 Å². The van der Waals surface area contributed by atoms with Crippen molar-refractivity contribution in [2.75, 3.05) is 26.0 Å². The molecule has 6 nitrogen and oxygen atoms in total. The average molecular weight is 425 g/mol. The van der Waals surface area contributed by atoms with Crippen LogP contribution in [0.2, 0.25) is 0 Å². The monoisotopic (exact) mass is 424 g/mol. The third-order valence-electron chi connectivity index (χ3n) is 4.41. The number of thioether (sulfide) groups is 1. The number of benzene rings is 1. The van der Waals surface area contributed by atoms with Crippen LogP contribution in [0, 0.1) is 11.7 Å². The molecule has 1 unspecified atom stereocenters. The molecule has 0 spiro atoms. The minimum atomic E-state index is -0.338. The molecule has 1 aromatic carbocycles. The molecule has 2 aromatic rings. The van der Waals surface area contributed by atoms with Gasteiger partial charge in [-0.2, -0.15) is 0 Å². The van der Waals surface area contributed by atoms with Gasteiger partial charge in [0.05, 0.1) is 12.2 Å². The Bertz CT molecular complexity index is 837. The lowest BCUT2D eigenvalue weighted by Gasteiger charge is -2.10. The summed E-state index contributed by atoms with van der Waals surface area (Å²) in [5, 5.41) is 6.82. The van der Waals surface area contributed by atoms with Crippen molar-refractivity contribution in [1.29, 1.82) is 0 Å². The van der Waals surface area contributed by atoms with Crippen molar-refractivity contribution in [1.82, 2.24) is 10.5 Å². The number of nitrogens with one attached hydrogen (secondary N) is 1. The lowest BCUT2D eigenvalue weighted by molar-refractivity contribution is 0.0933. The number of carbonyl (C=O) groups excluding carboxylic acids is 1. The molecule has 0 bridgehead atoms. The molecule has 1 fully saturated rings. The van der Waals surface area contributed by atoms with Gasteiger partial charge >= 0.3 is 0 Å². The van der Waals surface area contributed by atoms with Gasteiger partial charge in [0.25, 0.3) is 5.91 Å². The van der Waals surface area contributed by atoms with E-state index in [0.29, 0.717) is 53.4 Å². The number of hydrogen-bond acceptors (Lipinski definition) is 7. The minimum absolute atomic E-state index is 0.0586. The Hall–Kier alpha value is -1.97. The van der Waals surface area contributed by atoms with E-state index in [0.717, 1.165) is 6.42 Å². The zero-order valence-electron chi connectivity index (χ0n) is 15.4. The zero-order chi connectivity index (χ0) is 19.9. The van der Waals surface area contributed by atoms with E-state index in [1.807, 2.05) is 0 Å². The highest BCUT2D eigenvalue weighted by Crippen LogP contribution is 2.21. The first-order valence-electron chi connectivity index (χ1n) is 8.85. The van der Waals surface area contributed by atoms with Gasteiger partial charge < -0.3 is 19.3 Å². The van der Waals surface area contributed by atoms with Crippen LogP contribution in [-0.4, -0.2) is 41.5 Å². The molecule has 1 saturated heterocycles. The third kappa shape index (κ3) is 5.52. The van der Waals surface area contributed by atoms with E-state index in [4.69, 9.17) is 26.2 Å². The molecule has 3 rings (SSSR count). The molecule has 1 aliphatic heterocycles. The third-order valence-corrected chi connectivity index (χ3v) is 5.48. The standard InChI is InChI=1S/C19H21FN2O4S2/c1-28-19(27)25-11-15-16(8-12-3-2-4-14(20)7-12)26-22-17(15)18(23)21-9-13-5-6-24-10-13/h2-4,7,13H,5-6,8-11H2,1H3,(H,21,23). The van der Waals surface area contributed by atoms with Crippen LogP contribution in [-0.2, 0) is 22.5 Å². The fraction of sp³-hybridized carbons (Fsp3) is 0.421. The van der Waals surface area contributed by atoms with Gasteiger partial charge in [0.1, 0.15) is 18.2 Å². The second-order valence-electron chi connectivity index (χ2n) is 6.42. The van der Waals surface area contributed by atoms with Crippen LogP contribution in [0.3, 0.4) is 0 Å². The van der Waals surface area contributed by atoms with Crippen LogP contribution in [0.5, 0.6) is 0 Å². The van der Waals surface area contributed by atoms with Crippen LogP contribution in [0.15, 0.2) is 28.8 Å². The van der Waals surface area contributed by atoms with Gasteiger partial charge in [-0.1, -0.05) is 29.1 Å². The average Bonchev–Trinajstić information content (AvgIpc) is 3.34. The van der Waals surface area contributed by atoms with Crippen LogP contribution in [0.1, 0.15) is 33.8 Å². The topological polar surface area (TPSA) is 73.6 Å². The van der Waals surface area contributed by atoms with Gasteiger partial charge in [0.2, 0.25) is 4.38 Å². The smallest absolute Gasteiger partial charge is 0.273 e. The summed E-state index contributed by atoms with van der Waals surface area (Å²) in [7, 11) is 0. The number of nitrogens with zero attached hydrogens (tertiary/aromatic N) is 1. The molecule has 0 aliphatic carbocycles. The maximum Gasteiger partial charge on any atom is 0.273 e. The Kier molecular flexibility index (Phi) is 7.41. The highest BCUT2D eigenvalue weighted by atomic mass is 32.2. The Labute approximate surface area is 172 Å². The minimum Gasteiger partial charge on any atom is -0.473 e. The molecule has 2 heterocycles. The predicted octanol–water partition coefficient (Wildman–Crippen LogP) is 3.34. The number of ether oxygens (including phenoxy) is 2. The number of halogens is 1. The molecule has 1 N–H and O–H groups in total.